The molecule has 0 saturated carbocycles. The first-order chi connectivity index (χ1) is 15.4. The SMILES string of the molecule is CC(C)c1ccc(N(C)c2ccc3c(c2)CCNC3)cc1.CNc1cnccc1C(=O)O. The van der Waals surface area contributed by atoms with Crippen LogP contribution in [0.4, 0.5) is 17.1 Å². The van der Waals surface area contributed by atoms with E-state index in [2.05, 4.69) is 83.9 Å². The van der Waals surface area contributed by atoms with Crippen LogP contribution in [0.3, 0.4) is 0 Å². The summed E-state index contributed by atoms with van der Waals surface area (Å²) in [4.78, 5) is 16.6. The Balaban J connectivity index is 0.000000222. The predicted molar refractivity (Wildman–Crippen MR) is 131 cm³/mol. The maximum atomic E-state index is 10.5. The molecule has 3 aromatic rings. The van der Waals surface area contributed by atoms with Crippen molar-refractivity contribution >= 4 is 23.0 Å². The zero-order chi connectivity index (χ0) is 23.1. The van der Waals surface area contributed by atoms with Gasteiger partial charge in [0.25, 0.3) is 0 Å². The minimum Gasteiger partial charge on any atom is -0.478 e. The van der Waals surface area contributed by atoms with Crippen molar-refractivity contribution in [2.45, 2.75) is 32.7 Å². The molecule has 1 aliphatic rings. The summed E-state index contributed by atoms with van der Waals surface area (Å²) in [5.74, 6) is -0.364. The van der Waals surface area contributed by atoms with Crippen LogP contribution in [0.25, 0.3) is 0 Å². The van der Waals surface area contributed by atoms with Crippen LogP contribution >= 0.6 is 0 Å². The lowest BCUT2D eigenvalue weighted by atomic mass is 10.00. The van der Waals surface area contributed by atoms with E-state index in [1.165, 1.54) is 46.5 Å². The molecule has 0 spiro atoms. The van der Waals surface area contributed by atoms with E-state index in [0.717, 1.165) is 19.5 Å². The molecule has 32 heavy (non-hydrogen) atoms. The van der Waals surface area contributed by atoms with Crippen LogP contribution in [0.15, 0.2) is 60.9 Å². The highest BCUT2D eigenvalue weighted by Gasteiger charge is 2.12. The van der Waals surface area contributed by atoms with Gasteiger partial charge in [0.1, 0.15) is 0 Å². The van der Waals surface area contributed by atoms with Gasteiger partial charge in [-0.1, -0.05) is 32.0 Å². The van der Waals surface area contributed by atoms with E-state index in [0.29, 0.717) is 11.6 Å². The van der Waals surface area contributed by atoms with Gasteiger partial charge < -0.3 is 20.6 Å². The lowest BCUT2D eigenvalue weighted by Crippen LogP contribution is -2.23. The number of carboxylic acid groups (broad SMARTS) is 1. The molecule has 6 heteroatoms. The molecule has 168 valence electrons. The molecular formula is C26H32N4O2. The van der Waals surface area contributed by atoms with Crippen molar-refractivity contribution in [3.8, 4) is 0 Å². The molecule has 0 fully saturated rings. The van der Waals surface area contributed by atoms with E-state index >= 15 is 0 Å². The van der Waals surface area contributed by atoms with Gasteiger partial charge in [0.2, 0.25) is 0 Å². The molecule has 6 nitrogen and oxygen atoms in total. The standard InChI is InChI=1S/C19H24N2.C7H8N2O2/c1-14(2)15-4-7-18(8-5-15)21(3)19-9-6-17-13-20-11-10-16(17)12-19;1-8-6-4-9-3-2-5(6)7(10)11/h4-9,12,14,20H,10-11,13H2,1-3H3;2-4,8H,1H3,(H,10,11). The van der Waals surface area contributed by atoms with Crippen molar-refractivity contribution in [3.05, 3.63) is 83.2 Å². The first-order valence-corrected chi connectivity index (χ1v) is 10.9. The number of fused-ring (bicyclic) bond motifs is 1. The zero-order valence-electron chi connectivity index (χ0n) is 19.2. The highest BCUT2D eigenvalue weighted by atomic mass is 16.4. The van der Waals surface area contributed by atoms with Crippen LogP contribution in [-0.4, -0.2) is 36.7 Å². The van der Waals surface area contributed by atoms with Crippen LogP contribution in [0.1, 0.15) is 46.8 Å². The van der Waals surface area contributed by atoms with Gasteiger partial charge in [-0.15, -0.1) is 0 Å². The first-order valence-electron chi connectivity index (χ1n) is 10.9. The van der Waals surface area contributed by atoms with Crippen LogP contribution in [0.2, 0.25) is 0 Å². The maximum Gasteiger partial charge on any atom is 0.337 e. The van der Waals surface area contributed by atoms with Gasteiger partial charge in [-0.2, -0.15) is 0 Å². The normalized spacial score (nSPS) is 12.4. The van der Waals surface area contributed by atoms with Crippen LogP contribution in [0, 0.1) is 0 Å². The average Bonchev–Trinajstić information content (AvgIpc) is 2.83. The van der Waals surface area contributed by atoms with Crippen molar-refractivity contribution in [1.29, 1.82) is 0 Å². The maximum absolute atomic E-state index is 10.5. The largest absolute Gasteiger partial charge is 0.478 e. The van der Waals surface area contributed by atoms with Gasteiger partial charge in [0.15, 0.2) is 0 Å². The van der Waals surface area contributed by atoms with E-state index < -0.39 is 5.97 Å². The third kappa shape index (κ3) is 5.65. The van der Waals surface area contributed by atoms with Crippen LogP contribution < -0.4 is 15.5 Å². The minimum absolute atomic E-state index is 0.238. The van der Waals surface area contributed by atoms with Crippen molar-refractivity contribution < 1.29 is 9.90 Å². The van der Waals surface area contributed by atoms with E-state index in [-0.39, 0.29) is 5.56 Å². The average molecular weight is 433 g/mol. The molecule has 0 saturated heterocycles. The van der Waals surface area contributed by atoms with Gasteiger partial charge in [0, 0.05) is 38.2 Å². The second kappa shape index (κ2) is 10.8. The molecule has 3 N–H and O–H groups in total. The fourth-order valence-electron chi connectivity index (χ4n) is 3.68. The van der Waals surface area contributed by atoms with Gasteiger partial charge in [-0.25, -0.2) is 4.79 Å². The molecule has 1 aliphatic heterocycles. The van der Waals surface area contributed by atoms with Gasteiger partial charge in [-0.3, -0.25) is 4.98 Å². The van der Waals surface area contributed by atoms with Crippen molar-refractivity contribution in [1.82, 2.24) is 10.3 Å². The Bertz CT molecular complexity index is 1050. The highest BCUT2D eigenvalue weighted by molar-refractivity contribution is 5.93. The molecule has 0 atom stereocenters. The van der Waals surface area contributed by atoms with Crippen molar-refractivity contribution in [2.75, 3.05) is 30.9 Å². The number of rotatable bonds is 5. The summed E-state index contributed by atoms with van der Waals surface area (Å²) in [6.45, 7) is 6.55. The number of carboxylic acids is 1. The fourth-order valence-corrected chi connectivity index (χ4v) is 3.68. The minimum atomic E-state index is -0.947. The monoisotopic (exact) mass is 432 g/mol. The first kappa shape index (κ1) is 23.3. The zero-order valence-corrected chi connectivity index (χ0v) is 19.2. The summed E-state index contributed by atoms with van der Waals surface area (Å²) in [5, 5.41) is 14.8. The topological polar surface area (TPSA) is 77.5 Å². The summed E-state index contributed by atoms with van der Waals surface area (Å²) in [5.41, 5.74) is 7.60. The predicted octanol–water partition coefficient (Wildman–Crippen LogP) is 5.05. The molecule has 2 aromatic carbocycles. The molecule has 1 aromatic heterocycles. The molecule has 0 radical (unpaired) electrons. The number of anilines is 3. The summed E-state index contributed by atoms with van der Waals surface area (Å²) in [6, 6.07) is 17.2. The molecule has 0 bridgehead atoms. The lowest BCUT2D eigenvalue weighted by molar-refractivity contribution is 0.0698. The Morgan fingerprint density at radius 2 is 1.81 bits per heavy atom. The van der Waals surface area contributed by atoms with Crippen LogP contribution in [-0.2, 0) is 13.0 Å². The Morgan fingerprint density at radius 3 is 2.44 bits per heavy atom. The quantitative estimate of drug-likeness (QED) is 0.524. The molecular weight excluding hydrogens is 400 g/mol. The van der Waals surface area contributed by atoms with E-state index in [1.807, 2.05) is 0 Å². The second-order valence-corrected chi connectivity index (χ2v) is 8.16. The van der Waals surface area contributed by atoms with Crippen molar-refractivity contribution in [2.24, 2.45) is 0 Å². The van der Waals surface area contributed by atoms with Gasteiger partial charge in [-0.05, 0) is 65.9 Å². The summed E-state index contributed by atoms with van der Waals surface area (Å²) >= 11 is 0. The fraction of sp³-hybridized carbons (Fsp3) is 0.308. The Hall–Kier alpha value is -3.38. The van der Waals surface area contributed by atoms with E-state index in [1.54, 1.807) is 7.05 Å². The Morgan fingerprint density at radius 1 is 1.09 bits per heavy atom. The number of hydrogen-bond acceptors (Lipinski definition) is 5. The molecule has 0 unspecified atom stereocenters. The number of hydrogen-bond donors (Lipinski definition) is 3. The van der Waals surface area contributed by atoms with E-state index in [9.17, 15) is 4.79 Å². The second-order valence-electron chi connectivity index (χ2n) is 8.16. The highest BCUT2D eigenvalue weighted by Crippen LogP contribution is 2.28. The number of carbonyl (C=O) groups is 1. The molecule has 4 rings (SSSR count). The smallest absolute Gasteiger partial charge is 0.337 e. The van der Waals surface area contributed by atoms with Gasteiger partial charge in [0.05, 0.1) is 17.4 Å². The van der Waals surface area contributed by atoms with E-state index in [4.69, 9.17) is 5.11 Å². The number of benzene rings is 2. The lowest BCUT2D eigenvalue weighted by Gasteiger charge is -2.24. The molecule has 0 amide bonds. The number of pyridine rings is 1. The number of nitrogens with one attached hydrogen (secondary N) is 2. The number of aromatic nitrogens is 1. The van der Waals surface area contributed by atoms with Gasteiger partial charge >= 0.3 is 5.97 Å². The molecule has 0 aliphatic carbocycles. The summed E-state index contributed by atoms with van der Waals surface area (Å²) < 4.78 is 0. The Kier molecular flexibility index (Phi) is 7.84. The number of nitrogens with zero attached hydrogens (tertiary/aromatic N) is 2. The molecule has 2 heterocycles. The summed E-state index contributed by atoms with van der Waals surface area (Å²) in [7, 11) is 3.80. The third-order valence-corrected chi connectivity index (χ3v) is 5.73. The van der Waals surface area contributed by atoms with Crippen LogP contribution in [0.5, 0.6) is 0 Å². The van der Waals surface area contributed by atoms with Crippen molar-refractivity contribution in [3.63, 3.8) is 0 Å². The summed E-state index contributed by atoms with van der Waals surface area (Å²) in [6.07, 6.45) is 4.05. The number of aromatic carboxylic acids is 1. The third-order valence-electron chi connectivity index (χ3n) is 5.73. The Labute approximate surface area is 190 Å².